The Morgan fingerprint density at radius 1 is 0.714 bits per heavy atom. The summed E-state index contributed by atoms with van der Waals surface area (Å²) in [6.45, 7) is 4.75. The number of aromatic nitrogens is 1. The van der Waals surface area contributed by atoms with E-state index in [9.17, 15) is 19.2 Å². The zero-order valence-electron chi connectivity index (χ0n) is 37.5. The molecule has 0 radical (unpaired) electrons. The number of hydrogen-bond donors (Lipinski definition) is 0. The van der Waals surface area contributed by atoms with Gasteiger partial charge in [0.25, 0.3) is 0 Å². The van der Waals surface area contributed by atoms with E-state index in [2.05, 4.69) is 13.8 Å². The van der Waals surface area contributed by atoms with E-state index in [1.165, 1.54) is 21.3 Å². The summed E-state index contributed by atoms with van der Waals surface area (Å²) in [6, 6.07) is 12.4. The summed E-state index contributed by atoms with van der Waals surface area (Å²) in [5.41, 5.74) is 3.71. The molecule has 0 fully saturated rings. The van der Waals surface area contributed by atoms with E-state index in [-0.39, 0.29) is 36.1 Å². The molecule has 6 bridgehead atoms. The first-order chi connectivity index (χ1) is 30.7. The molecule has 9 rings (SSSR count). The van der Waals surface area contributed by atoms with Crippen molar-refractivity contribution in [2.75, 3.05) is 21.3 Å². The molecule has 0 N–H and O–H groups in total. The van der Waals surface area contributed by atoms with Crippen molar-refractivity contribution in [1.82, 2.24) is 4.57 Å². The molecule has 4 aliphatic rings. The lowest BCUT2D eigenvalue weighted by atomic mass is 9.91. The SMILES string of the molecule is CCCCCCCC(=O)Oc1cc2oc(=O)c3c(c4c5n3CCc3cc(c(OC)cc3-5)OC(=O)CCCCCCC(CCC)CCCC(=O)Oc3ccc-4cc3OC)c2cc1OC. The third-order valence-corrected chi connectivity index (χ3v) is 12.5. The molecule has 336 valence electrons. The number of carbonyl (C=O) groups excluding carboxylic acids is 3. The van der Waals surface area contributed by atoms with Crippen LogP contribution in [0.5, 0.6) is 34.5 Å². The molecular formula is C51H61NO11. The van der Waals surface area contributed by atoms with Crippen molar-refractivity contribution >= 4 is 39.8 Å². The molecule has 2 aromatic heterocycles. The Bertz CT molecular complexity index is 2510. The molecule has 1 unspecified atom stereocenters. The lowest BCUT2D eigenvalue weighted by molar-refractivity contribution is -0.135. The minimum Gasteiger partial charge on any atom is -0.493 e. The van der Waals surface area contributed by atoms with Crippen molar-refractivity contribution in [3.63, 3.8) is 0 Å². The Labute approximate surface area is 369 Å². The van der Waals surface area contributed by atoms with Gasteiger partial charge < -0.3 is 37.4 Å². The molecule has 12 heteroatoms. The molecule has 0 amide bonds. The number of hydrogen-bond acceptors (Lipinski definition) is 11. The van der Waals surface area contributed by atoms with E-state index < -0.39 is 11.6 Å². The Morgan fingerprint density at radius 3 is 2.19 bits per heavy atom. The maximum Gasteiger partial charge on any atom is 0.361 e. The number of carbonyl (C=O) groups is 3. The van der Waals surface area contributed by atoms with Crippen molar-refractivity contribution in [2.45, 2.75) is 136 Å². The van der Waals surface area contributed by atoms with Gasteiger partial charge in [0.05, 0.1) is 27.0 Å². The van der Waals surface area contributed by atoms with Crippen LogP contribution in [0.4, 0.5) is 0 Å². The fourth-order valence-electron chi connectivity index (χ4n) is 9.32. The summed E-state index contributed by atoms with van der Waals surface area (Å²) in [6.07, 6.45) is 15.0. The number of esters is 3. The normalized spacial score (nSPS) is 16.1. The Balaban J connectivity index is 1.38. The first kappa shape index (κ1) is 45.3. The second kappa shape index (κ2) is 21.1. The smallest absolute Gasteiger partial charge is 0.361 e. The highest BCUT2D eigenvalue weighted by molar-refractivity contribution is 6.17. The number of fused-ring (bicyclic) bond motifs is 5. The lowest BCUT2D eigenvalue weighted by Gasteiger charge is -2.23. The predicted molar refractivity (Wildman–Crippen MR) is 242 cm³/mol. The molecule has 63 heavy (non-hydrogen) atoms. The molecule has 0 saturated carbocycles. The summed E-state index contributed by atoms with van der Waals surface area (Å²) < 4.78 is 43.3. The maximum absolute atomic E-state index is 14.3. The first-order valence-corrected chi connectivity index (χ1v) is 22.9. The molecule has 1 atom stereocenters. The Kier molecular flexibility index (Phi) is 15.1. The number of ether oxygens (including phenoxy) is 6. The van der Waals surface area contributed by atoms with E-state index in [0.29, 0.717) is 93.6 Å². The van der Waals surface area contributed by atoms with Gasteiger partial charge in [-0.2, -0.15) is 0 Å². The van der Waals surface area contributed by atoms with Gasteiger partial charge in [0.1, 0.15) is 11.1 Å². The number of unbranched alkanes of at least 4 members (excludes halogenated alkanes) is 4. The van der Waals surface area contributed by atoms with Crippen molar-refractivity contribution in [3.8, 4) is 56.9 Å². The van der Waals surface area contributed by atoms with E-state index in [1.54, 1.807) is 18.2 Å². The minimum absolute atomic E-state index is 0.152. The molecule has 3 aromatic carbocycles. The quantitative estimate of drug-likeness (QED) is 0.0512. The largest absolute Gasteiger partial charge is 0.493 e. The molecular weight excluding hydrogens is 803 g/mol. The minimum atomic E-state index is -0.577. The topological polar surface area (TPSA) is 142 Å². The number of rotatable bonds is 12. The fraction of sp³-hybridized carbons (Fsp3) is 0.490. The molecule has 5 aromatic rings. The predicted octanol–water partition coefficient (Wildman–Crippen LogP) is 11.7. The lowest BCUT2D eigenvalue weighted by Crippen LogP contribution is -2.15. The number of methoxy groups -OCH3 is 3. The zero-order chi connectivity index (χ0) is 44.5. The average Bonchev–Trinajstić information content (AvgIpc) is 3.63. The zero-order valence-corrected chi connectivity index (χ0v) is 37.5. The van der Waals surface area contributed by atoms with Gasteiger partial charge in [-0.05, 0) is 79.5 Å². The fourth-order valence-corrected chi connectivity index (χ4v) is 9.32. The first-order valence-electron chi connectivity index (χ1n) is 22.9. The second-order valence-electron chi connectivity index (χ2n) is 16.8. The highest BCUT2D eigenvalue weighted by Gasteiger charge is 2.32. The van der Waals surface area contributed by atoms with Crippen LogP contribution in [0.25, 0.3) is 44.3 Å². The van der Waals surface area contributed by atoms with Crippen molar-refractivity contribution in [2.24, 2.45) is 5.92 Å². The van der Waals surface area contributed by atoms with Crippen LogP contribution in [-0.4, -0.2) is 43.8 Å². The molecule has 0 aliphatic carbocycles. The van der Waals surface area contributed by atoms with Gasteiger partial charge in [-0.25, -0.2) is 4.79 Å². The number of aryl methyl sites for hydroxylation is 2. The molecule has 0 saturated heterocycles. The summed E-state index contributed by atoms with van der Waals surface area (Å²) >= 11 is 0. The van der Waals surface area contributed by atoms with Crippen LogP contribution in [-0.2, 0) is 27.3 Å². The molecule has 4 aliphatic heterocycles. The standard InChI is InChI=1S/C51H61NO11/c1-6-8-9-10-14-20-45(54)62-43-31-38-36(30-41(43)59-5)48-47-34-23-24-37(39(28-34)57-3)60-46(55)22-16-19-32(17-7-2)18-13-11-12-15-21-44(53)61-42-27-33-25-26-52(50(48)51(56)63-38)49(47)35(33)29-40(42)58-4/h23-24,27-32H,6-22,25-26H2,1-5H3. The van der Waals surface area contributed by atoms with E-state index in [1.807, 2.05) is 28.8 Å². The van der Waals surface area contributed by atoms with Crippen LogP contribution < -0.4 is 34.0 Å². The van der Waals surface area contributed by atoms with Crippen LogP contribution in [0.15, 0.2) is 51.7 Å². The number of nitrogens with zero attached hydrogens (tertiary/aromatic N) is 1. The monoisotopic (exact) mass is 863 g/mol. The van der Waals surface area contributed by atoms with Crippen LogP contribution in [0.2, 0.25) is 0 Å². The van der Waals surface area contributed by atoms with Crippen molar-refractivity contribution in [1.29, 1.82) is 0 Å². The van der Waals surface area contributed by atoms with Gasteiger partial charge in [0.2, 0.25) is 0 Å². The summed E-state index contributed by atoms with van der Waals surface area (Å²) in [7, 11) is 4.57. The van der Waals surface area contributed by atoms with E-state index in [4.69, 9.17) is 32.8 Å². The van der Waals surface area contributed by atoms with Gasteiger partial charge >= 0.3 is 23.5 Å². The highest BCUT2D eigenvalue weighted by Crippen LogP contribution is 2.50. The van der Waals surface area contributed by atoms with Crippen molar-refractivity contribution in [3.05, 3.63) is 58.4 Å². The third kappa shape index (κ3) is 10.2. The van der Waals surface area contributed by atoms with Gasteiger partial charge in [-0.15, -0.1) is 0 Å². The molecule has 0 spiro atoms. The summed E-state index contributed by atoms with van der Waals surface area (Å²) in [4.78, 5) is 53.9. The summed E-state index contributed by atoms with van der Waals surface area (Å²) in [5, 5.41) is 1.14. The maximum atomic E-state index is 14.3. The van der Waals surface area contributed by atoms with Gasteiger partial charge in [-0.1, -0.05) is 84.1 Å². The molecule has 6 heterocycles. The average molecular weight is 864 g/mol. The molecule has 12 nitrogen and oxygen atoms in total. The van der Waals surface area contributed by atoms with Crippen LogP contribution >= 0.6 is 0 Å². The van der Waals surface area contributed by atoms with Crippen LogP contribution in [0, 0.1) is 5.92 Å². The second-order valence-corrected chi connectivity index (χ2v) is 16.8. The van der Waals surface area contributed by atoms with Crippen LogP contribution in [0.1, 0.15) is 129 Å². The van der Waals surface area contributed by atoms with Crippen LogP contribution in [0.3, 0.4) is 0 Å². The Morgan fingerprint density at radius 2 is 1.43 bits per heavy atom. The number of benzene rings is 3. The highest BCUT2D eigenvalue weighted by atomic mass is 16.6. The van der Waals surface area contributed by atoms with E-state index >= 15 is 0 Å². The van der Waals surface area contributed by atoms with Crippen molar-refractivity contribution < 1.29 is 47.2 Å². The van der Waals surface area contributed by atoms with Gasteiger partial charge in [0, 0.05) is 53.8 Å². The van der Waals surface area contributed by atoms with E-state index in [0.717, 1.165) is 94.6 Å². The summed E-state index contributed by atoms with van der Waals surface area (Å²) in [5.74, 6) is 1.29. The van der Waals surface area contributed by atoms with Gasteiger partial charge in [-0.3, -0.25) is 14.4 Å². The van der Waals surface area contributed by atoms with Gasteiger partial charge in [0.15, 0.2) is 34.5 Å². The third-order valence-electron chi connectivity index (χ3n) is 12.5. The Hall–Kier alpha value is -5.78.